The van der Waals surface area contributed by atoms with Gasteiger partial charge in [0.25, 0.3) is 0 Å². The summed E-state index contributed by atoms with van der Waals surface area (Å²) in [6.45, 7) is 11.9. The minimum Gasteiger partial charge on any atom is -0.396 e. The van der Waals surface area contributed by atoms with Gasteiger partial charge in [-0.3, -0.25) is 0 Å². The topological polar surface area (TPSA) is 46.2 Å². The maximum Gasteiger partial charge on any atom is 0.0471 e. The van der Waals surface area contributed by atoms with Gasteiger partial charge in [0, 0.05) is 6.61 Å². The third-order valence-corrected chi connectivity index (χ3v) is 4.24. The van der Waals surface area contributed by atoms with Crippen LogP contribution in [0.1, 0.15) is 63.1 Å². The van der Waals surface area contributed by atoms with Crippen molar-refractivity contribution in [2.24, 2.45) is 11.7 Å². The van der Waals surface area contributed by atoms with Crippen molar-refractivity contribution in [2.45, 2.75) is 58.8 Å². The van der Waals surface area contributed by atoms with E-state index in [0.717, 1.165) is 12.8 Å². The van der Waals surface area contributed by atoms with Gasteiger partial charge in [0.2, 0.25) is 0 Å². The molecule has 0 aliphatic carbocycles. The quantitative estimate of drug-likeness (QED) is 0.832. The smallest absolute Gasteiger partial charge is 0.0471 e. The highest BCUT2D eigenvalue weighted by Gasteiger charge is 2.20. The molecule has 2 atom stereocenters. The zero-order chi connectivity index (χ0) is 15.3. The van der Waals surface area contributed by atoms with Crippen LogP contribution in [0.5, 0.6) is 0 Å². The van der Waals surface area contributed by atoms with E-state index in [0.29, 0.717) is 12.5 Å². The molecule has 0 saturated heterocycles. The molecular formula is C18H31NO. The lowest BCUT2D eigenvalue weighted by molar-refractivity contribution is 0.214. The Morgan fingerprint density at radius 1 is 1.25 bits per heavy atom. The summed E-state index contributed by atoms with van der Waals surface area (Å²) >= 11 is 0. The Kier molecular flexibility index (Phi) is 6.22. The Bertz CT molecular complexity index is 416. The van der Waals surface area contributed by atoms with Crippen LogP contribution in [0.25, 0.3) is 0 Å². The SMILES string of the molecule is CCC(CC(CN)CO)c1ccc(C)c(C(C)(C)C)c1. The Morgan fingerprint density at radius 2 is 1.90 bits per heavy atom. The number of hydrogen-bond donors (Lipinski definition) is 2. The summed E-state index contributed by atoms with van der Waals surface area (Å²) < 4.78 is 0. The highest BCUT2D eigenvalue weighted by Crippen LogP contribution is 2.32. The minimum atomic E-state index is 0.169. The molecule has 114 valence electrons. The molecule has 0 radical (unpaired) electrons. The zero-order valence-electron chi connectivity index (χ0n) is 13.7. The number of aryl methyl sites for hydroxylation is 1. The molecule has 0 fully saturated rings. The second-order valence-corrected chi connectivity index (χ2v) is 6.95. The minimum absolute atomic E-state index is 0.169. The largest absolute Gasteiger partial charge is 0.396 e. The first kappa shape index (κ1) is 17.2. The van der Waals surface area contributed by atoms with Gasteiger partial charge >= 0.3 is 0 Å². The third-order valence-electron chi connectivity index (χ3n) is 4.24. The molecule has 0 spiro atoms. The summed E-state index contributed by atoms with van der Waals surface area (Å²) in [5.74, 6) is 0.691. The molecule has 0 bridgehead atoms. The van der Waals surface area contributed by atoms with Crippen LogP contribution in [0.3, 0.4) is 0 Å². The standard InChI is InChI=1S/C18H31NO/c1-6-15(9-14(11-19)12-20)16-8-7-13(2)17(10-16)18(3,4)5/h7-8,10,14-15,20H,6,9,11-12,19H2,1-5H3. The van der Waals surface area contributed by atoms with Gasteiger partial charge in [-0.1, -0.05) is 45.9 Å². The highest BCUT2D eigenvalue weighted by molar-refractivity contribution is 5.37. The van der Waals surface area contributed by atoms with Crippen molar-refractivity contribution in [1.82, 2.24) is 0 Å². The summed E-state index contributed by atoms with van der Waals surface area (Å²) in [5, 5.41) is 9.37. The van der Waals surface area contributed by atoms with Gasteiger partial charge in [0.05, 0.1) is 0 Å². The molecule has 0 aromatic heterocycles. The summed E-state index contributed by atoms with van der Waals surface area (Å²) in [5.41, 5.74) is 10.1. The average Bonchev–Trinajstić information content (AvgIpc) is 2.40. The van der Waals surface area contributed by atoms with E-state index in [1.807, 2.05) is 0 Å². The molecule has 0 aliphatic rings. The van der Waals surface area contributed by atoms with Crippen LogP contribution in [0.15, 0.2) is 18.2 Å². The zero-order valence-corrected chi connectivity index (χ0v) is 13.7. The fourth-order valence-corrected chi connectivity index (χ4v) is 2.89. The lowest BCUT2D eigenvalue weighted by Gasteiger charge is -2.26. The van der Waals surface area contributed by atoms with Crippen LogP contribution in [0, 0.1) is 12.8 Å². The van der Waals surface area contributed by atoms with Crippen molar-refractivity contribution in [2.75, 3.05) is 13.2 Å². The van der Waals surface area contributed by atoms with E-state index in [4.69, 9.17) is 5.73 Å². The van der Waals surface area contributed by atoms with Crippen LogP contribution in [0.4, 0.5) is 0 Å². The molecule has 0 heterocycles. The van der Waals surface area contributed by atoms with Crippen molar-refractivity contribution >= 4 is 0 Å². The number of nitrogens with two attached hydrogens (primary N) is 1. The molecule has 1 aromatic carbocycles. The van der Waals surface area contributed by atoms with E-state index in [1.165, 1.54) is 16.7 Å². The number of benzene rings is 1. The molecule has 20 heavy (non-hydrogen) atoms. The van der Waals surface area contributed by atoms with E-state index in [1.54, 1.807) is 0 Å². The first-order valence-corrected chi connectivity index (χ1v) is 7.75. The lowest BCUT2D eigenvalue weighted by atomic mass is 9.80. The van der Waals surface area contributed by atoms with Gasteiger partial charge in [0.1, 0.15) is 0 Å². The fraction of sp³-hybridized carbons (Fsp3) is 0.667. The van der Waals surface area contributed by atoms with Crippen molar-refractivity contribution in [3.05, 3.63) is 34.9 Å². The molecule has 0 aliphatic heterocycles. The predicted molar refractivity (Wildman–Crippen MR) is 87.2 cm³/mol. The molecule has 0 saturated carbocycles. The molecular weight excluding hydrogens is 246 g/mol. The Labute approximate surface area is 124 Å². The highest BCUT2D eigenvalue weighted by atomic mass is 16.3. The van der Waals surface area contributed by atoms with Gasteiger partial charge < -0.3 is 10.8 Å². The summed E-state index contributed by atoms with van der Waals surface area (Å²) in [4.78, 5) is 0. The number of aliphatic hydroxyl groups excluding tert-OH is 1. The molecule has 1 aromatic rings. The average molecular weight is 277 g/mol. The van der Waals surface area contributed by atoms with Gasteiger partial charge in [-0.25, -0.2) is 0 Å². The molecule has 0 amide bonds. The Hall–Kier alpha value is -0.860. The number of hydrogen-bond acceptors (Lipinski definition) is 2. The van der Waals surface area contributed by atoms with Gasteiger partial charge in [0.15, 0.2) is 0 Å². The van der Waals surface area contributed by atoms with E-state index in [9.17, 15) is 5.11 Å². The summed E-state index contributed by atoms with van der Waals surface area (Å²) in [6.07, 6.45) is 2.05. The fourth-order valence-electron chi connectivity index (χ4n) is 2.89. The first-order chi connectivity index (χ1) is 9.33. The van der Waals surface area contributed by atoms with Crippen LogP contribution in [-0.4, -0.2) is 18.3 Å². The van der Waals surface area contributed by atoms with Crippen molar-refractivity contribution < 1.29 is 5.11 Å². The Balaban J connectivity index is 3.05. The van der Waals surface area contributed by atoms with Crippen molar-refractivity contribution in [1.29, 1.82) is 0 Å². The van der Waals surface area contributed by atoms with Gasteiger partial charge in [-0.05, 0) is 60.3 Å². The van der Waals surface area contributed by atoms with E-state index < -0.39 is 0 Å². The lowest BCUT2D eigenvalue weighted by Crippen LogP contribution is -2.21. The van der Waals surface area contributed by atoms with Crippen LogP contribution in [-0.2, 0) is 5.41 Å². The first-order valence-electron chi connectivity index (χ1n) is 7.75. The number of rotatable bonds is 6. The van der Waals surface area contributed by atoms with E-state index in [2.05, 4.69) is 52.8 Å². The predicted octanol–water partition coefficient (Wildman–Crippen LogP) is 3.74. The molecule has 1 rings (SSSR count). The van der Waals surface area contributed by atoms with Crippen LogP contribution >= 0.6 is 0 Å². The van der Waals surface area contributed by atoms with Crippen LogP contribution in [0.2, 0.25) is 0 Å². The normalized spacial score (nSPS) is 15.2. The maximum atomic E-state index is 9.37. The summed E-state index contributed by atoms with van der Waals surface area (Å²) in [7, 11) is 0. The summed E-state index contributed by atoms with van der Waals surface area (Å²) in [6, 6.07) is 6.83. The molecule has 3 N–H and O–H groups in total. The number of aliphatic hydroxyl groups is 1. The molecule has 2 nitrogen and oxygen atoms in total. The molecule has 2 heteroatoms. The van der Waals surface area contributed by atoms with Gasteiger partial charge in [-0.2, -0.15) is 0 Å². The van der Waals surface area contributed by atoms with Crippen LogP contribution < -0.4 is 5.73 Å². The van der Waals surface area contributed by atoms with Crippen molar-refractivity contribution in [3.8, 4) is 0 Å². The molecule has 2 unspecified atom stereocenters. The Morgan fingerprint density at radius 3 is 2.35 bits per heavy atom. The maximum absolute atomic E-state index is 9.37. The van der Waals surface area contributed by atoms with E-state index >= 15 is 0 Å². The van der Waals surface area contributed by atoms with E-state index in [-0.39, 0.29) is 17.9 Å². The monoisotopic (exact) mass is 277 g/mol. The second-order valence-electron chi connectivity index (χ2n) is 6.95. The van der Waals surface area contributed by atoms with Crippen molar-refractivity contribution in [3.63, 3.8) is 0 Å². The van der Waals surface area contributed by atoms with Gasteiger partial charge in [-0.15, -0.1) is 0 Å². The third kappa shape index (κ3) is 4.32. The second kappa shape index (κ2) is 7.24.